The first-order chi connectivity index (χ1) is 17.6. The van der Waals surface area contributed by atoms with Crippen LogP contribution in [0.15, 0.2) is 12.4 Å². The number of carboxylic acid groups (broad SMARTS) is 1. The largest absolute Gasteiger partial charge is 0.490 e. The summed E-state index contributed by atoms with van der Waals surface area (Å²) in [5.41, 5.74) is -7.38. The Balaban J connectivity index is 0.000000673. The molecule has 2 saturated heterocycles. The third-order valence-corrected chi connectivity index (χ3v) is 6.17. The summed E-state index contributed by atoms with van der Waals surface area (Å²) >= 11 is 0. The number of amides is 1. The van der Waals surface area contributed by atoms with Crippen molar-refractivity contribution in [3.8, 4) is 0 Å². The van der Waals surface area contributed by atoms with Crippen LogP contribution in [0.4, 0.5) is 45.5 Å². The molecule has 0 bridgehead atoms. The molecule has 222 valence electrons. The highest BCUT2D eigenvalue weighted by atomic mass is 19.4. The van der Waals surface area contributed by atoms with Gasteiger partial charge in [0.25, 0.3) is 5.60 Å². The highest BCUT2D eigenvalue weighted by molar-refractivity contribution is 5.86. The summed E-state index contributed by atoms with van der Waals surface area (Å²) in [6.07, 6.45) is -16.4. The van der Waals surface area contributed by atoms with Crippen LogP contribution in [0.2, 0.25) is 0 Å². The van der Waals surface area contributed by atoms with Crippen molar-refractivity contribution in [3.63, 3.8) is 0 Å². The molecule has 10 nitrogen and oxygen atoms in total. The van der Waals surface area contributed by atoms with E-state index in [1.165, 1.54) is 0 Å². The number of carbonyl (C=O) groups is 2. The molecule has 0 spiro atoms. The van der Waals surface area contributed by atoms with E-state index >= 15 is 0 Å². The number of nitrogens with zero attached hydrogens (tertiary/aromatic N) is 4. The van der Waals surface area contributed by atoms with Crippen molar-refractivity contribution in [1.29, 1.82) is 0 Å². The molecule has 0 saturated carbocycles. The van der Waals surface area contributed by atoms with Crippen LogP contribution < -0.4 is 15.5 Å². The zero-order valence-electron chi connectivity index (χ0n) is 20.4. The number of aliphatic carboxylic acids is 1. The van der Waals surface area contributed by atoms with Gasteiger partial charge in [-0.2, -0.15) is 39.5 Å². The highest BCUT2D eigenvalue weighted by Crippen LogP contribution is 2.49. The highest BCUT2D eigenvalue weighted by Gasteiger charge is 2.71. The summed E-state index contributed by atoms with van der Waals surface area (Å²) in [5.74, 6) is -2.96. The van der Waals surface area contributed by atoms with Crippen molar-refractivity contribution >= 4 is 17.8 Å². The van der Waals surface area contributed by atoms with Gasteiger partial charge in [0, 0.05) is 57.2 Å². The molecule has 4 N–H and O–H groups in total. The van der Waals surface area contributed by atoms with Gasteiger partial charge >= 0.3 is 24.5 Å². The Morgan fingerprint density at radius 1 is 1.03 bits per heavy atom. The van der Waals surface area contributed by atoms with Gasteiger partial charge in [-0.3, -0.25) is 9.69 Å². The van der Waals surface area contributed by atoms with Crippen molar-refractivity contribution < 1.29 is 59.3 Å². The summed E-state index contributed by atoms with van der Waals surface area (Å²) in [6, 6.07) is -0.288. The summed E-state index contributed by atoms with van der Waals surface area (Å²) in [5, 5.41) is 22.6. The maximum Gasteiger partial charge on any atom is 0.490 e. The standard InChI is InChI=1S/C18H24F6N6O2.C2HF3O2/c1-15(2)13(31)26-4-5-29(15)10-12-9-25-3-6-30(12)14-27-7-11(8-28-14)16(32,17(19,20)21)18(22,23)24;3-2(4,5)1(6)7/h7-8,12,25,32H,3-6,9-10H2,1-2H3,(H,26,31);(H,6,7)/t12-;/m1./s1. The quantitative estimate of drug-likeness (QED) is 0.388. The van der Waals surface area contributed by atoms with Crippen molar-refractivity contribution in [2.45, 2.75) is 49.6 Å². The van der Waals surface area contributed by atoms with Crippen molar-refractivity contribution in [1.82, 2.24) is 25.5 Å². The van der Waals surface area contributed by atoms with E-state index in [1.807, 2.05) is 4.90 Å². The van der Waals surface area contributed by atoms with Crippen LogP contribution in [0.5, 0.6) is 0 Å². The van der Waals surface area contributed by atoms with E-state index in [1.54, 1.807) is 18.7 Å². The lowest BCUT2D eigenvalue weighted by Crippen LogP contribution is -2.66. The smallest absolute Gasteiger partial charge is 0.475 e. The van der Waals surface area contributed by atoms with Gasteiger partial charge in [-0.1, -0.05) is 0 Å². The van der Waals surface area contributed by atoms with Crippen LogP contribution in [-0.4, -0.2) is 106 Å². The molecule has 1 amide bonds. The minimum absolute atomic E-state index is 0.0637. The molecule has 0 unspecified atom stereocenters. The molecule has 0 radical (unpaired) electrons. The molecule has 1 aromatic rings. The van der Waals surface area contributed by atoms with E-state index in [0.29, 0.717) is 51.7 Å². The number of carboxylic acids is 1. The number of hydrogen-bond donors (Lipinski definition) is 4. The van der Waals surface area contributed by atoms with E-state index < -0.39 is 41.2 Å². The molecular weight excluding hydrogens is 559 g/mol. The average Bonchev–Trinajstić information content (AvgIpc) is 2.80. The monoisotopic (exact) mass is 584 g/mol. The number of aliphatic hydroxyl groups is 1. The zero-order valence-corrected chi connectivity index (χ0v) is 20.4. The first-order valence-corrected chi connectivity index (χ1v) is 11.1. The Morgan fingerprint density at radius 3 is 2.00 bits per heavy atom. The van der Waals surface area contributed by atoms with Crippen molar-refractivity contribution in [2.75, 3.05) is 44.2 Å². The molecule has 0 aromatic carbocycles. The molecule has 3 rings (SSSR count). The minimum Gasteiger partial charge on any atom is -0.475 e. The molecule has 0 aliphatic carbocycles. The molecule has 39 heavy (non-hydrogen) atoms. The van der Waals surface area contributed by atoms with Crippen LogP contribution in [0.1, 0.15) is 19.4 Å². The third-order valence-electron chi connectivity index (χ3n) is 6.17. The Kier molecular flexibility index (Phi) is 9.34. The van der Waals surface area contributed by atoms with Gasteiger partial charge in [0.05, 0.1) is 11.6 Å². The molecule has 2 fully saturated rings. The van der Waals surface area contributed by atoms with Crippen molar-refractivity contribution in [2.24, 2.45) is 0 Å². The molecule has 3 heterocycles. The number of carbonyl (C=O) groups excluding carboxylic acids is 1. The molecule has 2 aliphatic heterocycles. The number of nitrogens with one attached hydrogen (secondary N) is 2. The van der Waals surface area contributed by atoms with Gasteiger partial charge in [0.2, 0.25) is 11.9 Å². The second kappa shape index (κ2) is 11.3. The number of alkyl halides is 9. The lowest BCUT2D eigenvalue weighted by molar-refractivity contribution is -0.376. The fourth-order valence-electron chi connectivity index (χ4n) is 3.85. The Labute approximate surface area is 215 Å². The van der Waals surface area contributed by atoms with E-state index in [-0.39, 0.29) is 17.9 Å². The molecular formula is C20H25F9N6O4. The SMILES string of the molecule is CC1(C)C(=O)NCCN1C[C@H]1CNCCN1c1ncc(C(O)(C(F)(F)F)C(F)(F)F)cn1.O=C(O)C(F)(F)F. The van der Waals surface area contributed by atoms with Crippen LogP contribution in [0.3, 0.4) is 0 Å². The van der Waals surface area contributed by atoms with E-state index in [4.69, 9.17) is 9.90 Å². The van der Waals surface area contributed by atoms with Crippen LogP contribution in [-0.2, 0) is 15.2 Å². The van der Waals surface area contributed by atoms with Gasteiger partial charge in [-0.05, 0) is 13.8 Å². The first kappa shape index (κ1) is 32.3. The lowest BCUT2D eigenvalue weighted by atomic mass is 9.95. The first-order valence-electron chi connectivity index (χ1n) is 11.1. The Hall–Kier alpha value is -2.93. The van der Waals surface area contributed by atoms with Gasteiger partial charge in [0.15, 0.2) is 0 Å². The summed E-state index contributed by atoms with van der Waals surface area (Å²) < 4.78 is 110. The van der Waals surface area contributed by atoms with E-state index in [2.05, 4.69) is 20.6 Å². The third kappa shape index (κ3) is 6.99. The van der Waals surface area contributed by atoms with E-state index in [9.17, 15) is 49.4 Å². The number of piperazine rings is 2. The normalized spacial score (nSPS) is 21.1. The molecule has 2 aliphatic rings. The van der Waals surface area contributed by atoms with Gasteiger partial charge in [-0.25, -0.2) is 14.8 Å². The van der Waals surface area contributed by atoms with Crippen molar-refractivity contribution in [3.05, 3.63) is 18.0 Å². The molecule has 19 heteroatoms. The summed E-state index contributed by atoms with van der Waals surface area (Å²) in [6.45, 7) is 6.27. The second-order valence-electron chi connectivity index (χ2n) is 9.09. The summed E-state index contributed by atoms with van der Waals surface area (Å²) in [7, 11) is 0. The van der Waals surface area contributed by atoms with Crippen LogP contribution in [0, 0.1) is 0 Å². The van der Waals surface area contributed by atoms with Gasteiger partial charge in [0.1, 0.15) is 0 Å². The van der Waals surface area contributed by atoms with E-state index in [0.717, 1.165) is 0 Å². The van der Waals surface area contributed by atoms with Gasteiger partial charge in [-0.15, -0.1) is 0 Å². The fraction of sp³-hybridized carbons (Fsp3) is 0.700. The number of hydrogen-bond acceptors (Lipinski definition) is 8. The van der Waals surface area contributed by atoms with Gasteiger partial charge < -0.3 is 25.7 Å². The number of rotatable bonds is 4. The topological polar surface area (TPSA) is 131 Å². The average molecular weight is 584 g/mol. The maximum atomic E-state index is 13.1. The predicted octanol–water partition coefficient (Wildman–Crippen LogP) is 1.41. The number of halogens is 9. The Bertz CT molecular complexity index is 1000. The summed E-state index contributed by atoms with van der Waals surface area (Å²) in [4.78, 5) is 32.2. The second-order valence-corrected chi connectivity index (χ2v) is 9.09. The lowest BCUT2D eigenvalue weighted by Gasteiger charge is -2.46. The number of anilines is 1. The zero-order chi connectivity index (χ0) is 30.0. The molecule has 1 aromatic heterocycles. The molecule has 1 atom stereocenters. The van der Waals surface area contributed by atoms with Crippen LogP contribution in [0.25, 0.3) is 0 Å². The fourth-order valence-corrected chi connectivity index (χ4v) is 3.85. The van der Waals surface area contributed by atoms with Crippen LogP contribution >= 0.6 is 0 Å². The minimum atomic E-state index is -6.01. The maximum absolute atomic E-state index is 13.1. The number of aromatic nitrogens is 2. The predicted molar refractivity (Wildman–Crippen MR) is 114 cm³/mol. The Morgan fingerprint density at radius 2 is 1.54 bits per heavy atom.